The molecular formula is C23H24N4O2. The Morgan fingerprint density at radius 2 is 1.93 bits per heavy atom. The molecule has 1 aromatic heterocycles. The van der Waals surface area contributed by atoms with Crippen LogP contribution in [-0.4, -0.2) is 25.2 Å². The number of carbonyl (C=O) groups is 1. The van der Waals surface area contributed by atoms with E-state index in [-0.39, 0.29) is 6.03 Å². The Morgan fingerprint density at radius 3 is 2.66 bits per heavy atom. The van der Waals surface area contributed by atoms with E-state index in [1.807, 2.05) is 61.6 Å². The normalized spacial score (nSPS) is 12.9. The number of urea groups is 1. The van der Waals surface area contributed by atoms with Crippen LogP contribution in [0.25, 0.3) is 0 Å². The fourth-order valence-corrected chi connectivity index (χ4v) is 3.52. The number of amides is 2. The highest BCUT2D eigenvalue weighted by Crippen LogP contribution is 2.32. The number of pyridine rings is 1. The second-order valence-electron chi connectivity index (χ2n) is 7.11. The van der Waals surface area contributed by atoms with E-state index < -0.39 is 0 Å². The molecule has 2 amide bonds. The number of benzene rings is 2. The molecule has 0 atom stereocenters. The van der Waals surface area contributed by atoms with Gasteiger partial charge in [-0.25, -0.2) is 9.78 Å². The van der Waals surface area contributed by atoms with Crippen molar-refractivity contribution in [2.45, 2.75) is 20.0 Å². The number of nitrogens with zero attached hydrogens (tertiary/aromatic N) is 3. The third kappa shape index (κ3) is 3.74. The lowest BCUT2D eigenvalue weighted by molar-refractivity contribution is 0.247. The summed E-state index contributed by atoms with van der Waals surface area (Å²) in [5.41, 5.74) is 4.88. The topological polar surface area (TPSA) is 57.7 Å². The third-order valence-corrected chi connectivity index (χ3v) is 5.15. The zero-order valence-electron chi connectivity index (χ0n) is 16.8. The molecule has 0 bridgehead atoms. The van der Waals surface area contributed by atoms with Crippen molar-refractivity contribution in [3.8, 4) is 5.75 Å². The molecule has 148 valence electrons. The molecule has 2 aromatic carbocycles. The molecular weight excluding hydrogens is 364 g/mol. The van der Waals surface area contributed by atoms with Crippen LogP contribution in [0.1, 0.15) is 16.8 Å². The van der Waals surface area contributed by atoms with Gasteiger partial charge in [-0.3, -0.25) is 4.90 Å². The van der Waals surface area contributed by atoms with Gasteiger partial charge >= 0.3 is 6.03 Å². The molecule has 4 rings (SSSR count). The summed E-state index contributed by atoms with van der Waals surface area (Å²) in [5.74, 6) is 1.72. The number of carbonyl (C=O) groups excluding carboxylic acids is 1. The van der Waals surface area contributed by atoms with Crippen molar-refractivity contribution in [3.63, 3.8) is 0 Å². The SMILES string of the molecule is COc1ccc(CN(C)c2ccc3c(n2)CNC(=O)N3c2ccccc2)c(C)c1. The summed E-state index contributed by atoms with van der Waals surface area (Å²) in [6, 6.07) is 19.5. The van der Waals surface area contributed by atoms with Gasteiger partial charge in [0.05, 0.1) is 30.7 Å². The first kappa shape index (κ1) is 18.8. The van der Waals surface area contributed by atoms with E-state index >= 15 is 0 Å². The predicted molar refractivity (Wildman–Crippen MR) is 115 cm³/mol. The minimum absolute atomic E-state index is 0.138. The lowest BCUT2D eigenvalue weighted by Crippen LogP contribution is -2.41. The number of ether oxygens (including phenoxy) is 1. The van der Waals surface area contributed by atoms with Crippen molar-refractivity contribution in [2.75, 3.05) is 24.0 Å². The molecule has 6 heteroatoms. The highest BCUT2D eigenvalue weighted by Gasteiger charge is 2.26. The van der Waals surface area contributed by atoms with Crippen LogP contribution < -0.4 is 19.9 Å². The number of aryl methyl sites for hydroxylation is 1. The average Bonchev–Trinajstić information content (AvgIpc) is 2.75. The molecule has 2 heterocycles. The molecule has 1 N–H and O–H groups in total. The molecule has 1 aliphatic heterocycles. The molecule has 0 spiro atoms. The van der Waals surface area contributed by atoms with Gasteiger partial charge in [0, 0.05) is 13.6 Å². The summed E-state index contributed by atoms with van der Waals surface area (Å²) >= 11 is 0. The molecule has 3 aromatic rings. The molecule has 0 aliphatic carbocycles. The standard InChI is InChI=1S/C23H24N4O2/c1-16-13-19(29-3)10-9-17(16)15-26(2)22-12-11-21-20(25-22)14-24-23(28)27(21)18-7-5-4-6-8-18/h4-13H,14-15H2,1-3H3,(H,24,28). The minimum atomic E-state index is -0.138. The number of anilines is 3. The smallest absolute Gasteiger partial charge is 0.326 e. The van der Waals surface area contributed by atoms with Crippen LogP contribution in [0.2, 0.25) is 0 Å². The van der Waals surface area contributed by atoms with E-state index in [1.165, 1.54) is 11.1 Å². The highest BCUT2D eigenvalue weighted by molar-refractivity contribution is 6.01. The Bertz CT molecular complexity index is 1040. The summed E-state index contributed by atoms with van der Waals surface area (Å²) < 4.78 is 5.29. The van der Waals surface area contributed by atoms with Crippen molar-refractivity contribution >= 4 is 23.2 Å². The molecule has 0 saturated heterocycles. The molecule has 0 fully saturated rings. The zero-order chi connectivity index (χ0) is 20.4. The first-order valence-electron chi connectivity index (χ1n) is 9.54. The number of hydrogen-bond acceptors (Lipinski definition) is 4. The Labute approximate surface area is 170 Å². The van der Waals surface area contributed by atoms with E-state index in [0.717, 1.165) is 35.2 Å². The predicted octanol–water partition coefficient (Wildman–Crippen LogP) is 4.40. The maximum Gasteiger partial charge on any atom is 0.326 e. The van der Waals surface area contributed by atoms with Crippen molar-refractivity contribution < 1.29 is 9.53 Å². The largest absolute Gasteiger partial charge is 0.497 e. The first-order valence-corrected chi connectivity index (χ1v) is 9.54. The van der Waals surface area contributed by atoms with E-state index in [0.29, 0.717) is 6.54 Å². The number of fused-ring (bicyclic) bond motifs is 1. The zero-order valence-corrected chi connectivity index (χ0v) is 16.8. The van der Waals surface area contributed by atoms with Gasteiger partial charge in [-0.15, -0.1) is 0 Å². The minimum Gasteiger partial charge on any atom is -0.497 e. The summed E-state index contributed by atoms with van der Waals surface area (Å²) in [7, 11) is 3.70. The quantitative estimate of drug-likeness (QED) is 0.704. The van der Waals surface area contributed by atoms with Crippen LogP contribution in [-0.2, 0) is 13.1 Å². The molecule has 1 aliphatic rings. The Balaban J connectivity index is 1.60. The average molecular weight is 388 g/mol. The van der Waals surface area contributed by atoms with E-state index in [9.17, 15) is 4.79 Å². The lowest BCUT2D eigenvalue weighted by Gasteiger charge is -2.30. The van der Waals surface area contributed by atoms with Crippen LogP contribution in [0, 0.1) is 6.92 Å². The van der Waals surface area contributed by atoms with E-state index in [4.69, 9.17) is 9.72 Å². The number of rotatable bonds is 5. The lowest BCUT2D eigenvalue weighted by atomic mass is 10.1. The van der Waals surface area contributed by atoms with Crippen molar-refractivity contribution in [1.82, 2.24) is 10.3 Å². The highest BCUT2D eigenvalue weighted by atomic mass is 16.5. The fourth-order valence-electron chi connectivity index (χ4n) is 3.52. The van der Waals surface area contributed by atoms with Crippen molar-refractivity contribution in [1.29, 1.82) is 0 Å². The molecule has 0 radical (unpaired) electrons. The summed E-state index contributed by atoms with van der Waals surface area (Å²) in [6.45, 7) is 3.23. The van der Waals surface area contributed by atoms with Gasteiger partial charge in [0.25, 0.3) is 0 Å². The fraction of sp³-hybridized carbons (Fsp3) is 0.217. The maximum atomic E-state index is 12.5. The van der Waals surface area contributed by atoms with E-state index in [2.05, 4.69) is 23.2 Å². The summed E-state index contributed by atoms with van der Waals surface area (Å²) in [6.07, 6.45) is 0. The van der Waals surface area contributed by atoms with Crippen LogP contribution in [0.15, 0.2) is 60.7 Å². The molecule has 0 unspecified atom stereocenters. The molecule has 0 saturated carbocycles. The van der Waals surface area contributed by atoms with Crippen molar-refractivity contribution in [3.05, 3.63) is 77.5 Å². The van der Waals surface area contributed by atoms with E-state index in [1.54, 1.807) is 12.0 Å². The summed E-state index contributed by atoms with van der Waals surface area (Å²) in [5, 5.41) is 2.92. The van der Waals surface area contributed by atoms with Gasteiger partial charge < -0.3 is 15.0 Å². The van der Waals surface area contributed by atoms with Gasteiger partial charge in [-0.05, 0) is 54.4 Å². The van der Waals surface area contributed by atoms with Gasteiger partial charge in [-0.1, -0.05) is 24.3 Å². The van der Waals surface area contributed by atoms with Crippen LogP contribution in [0.5, 0.6) is 5.75 Å². The first-order chi connectivity index (χ1) is 14.1. The second kappa shape index (κ2) is 7.83. The van der Waals surface area contributed by atoms with Crippen LogP contribution in [0.3, 0.4) is 0 Å². The van der Waals surface area contributed by atoms with Gasteiger partial charge in [-0.2, -0.15) is 0 Å². The van der Waals surface area contributed by atoms with Gasteiger partial charge in [0.15, 0.2) is 0 Å². The number of hydrogen-bond donors (Lipinski definition) is 1. The van der Waals surface area contributed by atoms with Crippen LogP contribution in [0.4, 0.5) is 22.0 Å². The monoisotopic (exact) mass is 388 g/mol. The number of methoxy groups -OCH3 is 1. The van der Waals surface area contributed by atoms with Gasteiger partial charge in [0.2, 0.25) is 0 Å². The Morgan fingerprint density at radius 1 is 1.14 bits per heavy atom. The number of aromatic nitrogens is 1. The number of nitrogens with one attached hydrogen (secondary N) is 1. The van der Waals surface area contributed by atoms with Crippen molar-refractivity contribution in [2.24, 2.45) is 0 Å². The van der Waals surface area contributed by atoms with Crippen LogP contribution >= 0.6 is 0 Å². The molecule has 6 nitrogen and oxygen atoms in total. The Hall–Kier alpha value is -3.54. The Kier molecular flexibility index (Phi) is 5.08. The summed E-state index contributed by atoms with van der Waals surface area (Å²) in [4.78, 5) is 21.1. The van der Waals surface area contributed by atoms with Gasteiger partial charge in [0.1, 0.15) is 11.6 Å². The second-order valence-corrected chi connectivity index (χ2v) is 7.11. The molecule has 29 heavy (non-hydrogen) atoms. The maximum absolute atomic E-state index is 12.5. The number of para-hydroxylation sites is 1. The third-order valence-electron chi connectivity index (χ3n) is 5.15.